The second-order valence-electron chi connectivity index (χ2n) is 5.06. The number of halogens is 2. The third kappa shape index (κ3) is 1.88. The lowest BCUT2D eigenvalue weighted by molar-refractivity contribution is 0.0886. The average molecular weight is 270 g/mol. The zero-order valence-electron chi connectivity index (χ0n) is 9.33. The minimum absolute atomic E-state index is 0.203. The van der Waals surface area contributed by atoms with Gasteiger partial charge in [0.25, 0.3) is 0 Å². The lowest BCUT2D eigenvalue weighted by atomic mass is 9.89. The first-order valence-electron chi connectivity index (χ1n) is 6.02. The fourth-order valence-corrected chi connectivity index (χ4v) is 3.69. The quantitative estimate of drug-likeness (QED) is 0.600. The Kier molecular flexibility index (Phi) is 2.87. The fourth-order valence-electron chi connectivity index (χ4n) is 3.42. The predicted molar refractivity (Wildman–Crippen MR) is 67.5 cm³/mol. The zero-order chi connectivity index (χ0) is 12.0. The number of ketones is 1. The molecule has 0 spiro atoms. The second-order valence-corrected chi connectivity index (χ2v) is 5.83. The molecule has 2 fully saturated rings. The molecule has 90 valence electrons. The molecule has 0 radical (unpaired) electrons. The Hall–Kier alpha value is -0.600. The largest absolute Gasteiger partial charge is 0.294 e. The summed E-state index contributed by atoms with van der Waals surface area (Å²) >= 11 is 11.7. The average Bonchev–Trinajstić information content (AvgIpc) is 2.91. The number of pyridine rings is 1. The summed E-state index contributed by atoms with van der Waals surface area (Å²) in [5.74, 6) is 1.58. The van der Waals surface area contributed by atoms with Gasteiger partial charge in [-0.05, 0) is 43.6 Å². The van der Waals surface area contributed by atoms with E-state index in [0.717, 1.165) is 0 Å². The molecule has 3 rings (SSSR count). The Labute approximate surface area is 110 Å². The van der Waals surface area contributed by atoms with Gasteiger partial charge in [0.1, 0.15) is 5.15 Å². The summed E-state index contributed by atoms with van der Waals surface area (Å²) in [5.41, 5.74) is 0.614. The van der Waals surface area contributed by atoms with Crippen molar-refractivity contribution in [1.82, 2.24) is 4.98 Å². The molecule has 2 aliphatic carbocycles. The predicted octanol–water partition coefficient (Wildman–Crippen LogP) is 4.01. The SMILES string of the molecule is O=C(c1cnc(Cl)c(Cl)c1)C1C2CCC1CC2. The van der Waals surface area contributed by atoms with Gasteiger partial charge in [0.15, 0.2) is 5.78 Å². The first-order valence-corrected chi connectivity index (χ1v) is 6.77. The molecule has 1 aromatic heterocycles. The minimum atomic E-state index is 0.203. The molecule has 0 saturated heterocycles. The van der Waals surface area contributed by atoms with Crippen molar-refractivity contribution in [2.45, 2.75) is 25.7 Å². The number of carbonyl (C=O) groups is 1. The van der Waals surface area contributed by atoms with E-state index in [-0.39, 0.29) is 16.9 Å². The molecular formula is C13H13Cl2NO. The molecular weight excluding hydrogens is 257 g/mol. The minimum Gasteiger partial charge on any atom is -0.294 e. The van der Waals surface area contributed by atoms with Crippen LogP contribution in [0.3, 0.4) is 0 Å². The van der Waals surface area contributed by atoms with Crippen LogP contribution in [0.1, 0.15) is 36.0 Å². The summed E-state index contributed by atoms with van der Waals surface area (Å²) in [6.07, 6.45) is 6.37. The van der Waals surface area contributed by atoms with Crippen molar-refractivity contribution in [3.8, 4) is 0 Å². The molecule has 2 aliphatic rings. The molecule has 0 aliphatic heterocycles. The summed E-state index contributed by atoms with van der Waals surface area (Å²) in [6, 6.07) is 1.65. The van der Waals surface area contributed by atoms with Crippen LogP contribution in [0, 0.1) is 17.8 Å². The third-order valence-corrected chi connectivity index (χ3v) is 4.90. The number of hydrogen-bond donors (Lipinski definition) is 0. The van der Waals surface area contributed by atoms with Gasteiger partial charge >= 0.3 is 0 Å². The second kappa shape index (κ2) is 4.25. The number of aromatic nitrogens is 1. The normalized spacial score (nSPS) is 30.8. The van der Waals surface area contributed by atoms with E-state index < -0.39 is 0 Å². The van der Waals surface area contributed by atoms with Gasteiger partial charge in [-0.25, -0.2) is 4.98 Å². The molecule has 2 nitrogen and oxygen atoms in total. The van der Waals surface area contributed by atoms with Crippen molar-refractivity contribution >= 4 is 29.0 Å². The molecule has 1 heterocycles. The molecule has 0 unspecified atom stereocenters. The van der Waals surface area contributed by atoms with Crippen LogP contribution in [0.15, 0.2) is 12.3 Å². The fraction of sp³-hybridized carbons (Fsp3) is 0.538. The zero-order valence-corrected chi connectivity index (χ0v) is 10.8. The molecule has 2 saturated carbocycles. The van der Waals surface area contributed by atoms with E-state index in [0.29, 0.717) is 22.4 Å². The van der Waals surface area contributed by atoms with Gasteiger partial charge in [0.2, 0.25) is 0 Å². The maximum absolute atomic E-state index is 12.4. The number of hydrogen-bond acceptors (Lipinski definition) is 2. The first kappa shape index (κ1) is 11.5. The molecule has 17 heavy (non-hydrogen) atoms. The Bertz CT molecular complexity index is 454. The van der Waals surface area contributed by atoms with Crippen LogP contribution in [0.2, 0.25) is 10.2 Å². The highest BCUT2D eigenvalue weighted by Gasteiger charge is 2.45. The van der Waals surface area contributed by atoms with Crippen LogP contribution in [0.5, 0.6) is 0 Å². The van der Waals surface area contributed by atoms with Crippen LogP contribution in [0.25, 0.3) is 0 Å². The summed E-state index contributed by atoms with van der Waals surface area (Å²) in [7, 11) is 0. The molecule has 0 N–H and O–H groups in total. The summed E-state index contributed by atoms with van der Waals surface area (Å²) in [4.78, 5) is 16.4. The van der Waals surface area contributed by atoms with E-state index >= 15 is 0 Å². The van der Waals surface area contributed by atoms with Gasteiger partial charge in [-0.3, -0.25) is 4.79 Å². The number of carbonyl (C=O) groups excluding carboxylic acids is 1. The van der Waals surface area contributed by atoms with Crippen molar-refractivity contribution in [2.75, 3.05) is 0 Å². The lowest BCUT2D eigenvalue weighted by Crippen LogP contribution is -2.19. The Balaban J connectivity index is 1.89. The summed E-state index contributed by atoms with van der Waals surface area (Å²) in [6.45, 7) is 0. The van der Waals surface area contributed by atoms with Gasteiger partial charge in [-0.1, -0.05) is 23.2 Å². The number of nitrogens with zero attached hydrogens (tertiary/aromatic N) is 1. The molecule has 4 heteroatoms. The van der Waals surface area contributed by atoms with E-state index in [9.17, 15) is 4.79 Å². The van der Waals surface area contributed by atoms with Crippen molar-refractivity contribution < 1.29 is 4.79 Å². The van der Waals surface area contributed by atoms with Crippen LogP contribution < -0.4 is 0 Å². The third-order valence-electron chi connectivity index (χ3n) is 4.22. The van der Waals surface area contributed by atoms with Crippen LogP contribution in [-0.4, -0.2) is 10.8 Å². The highest BCUT2D eigenvalue weighted by molar-refractivity contribution is 6.41. The Morgan fingerprint density at radius 1 is 1.18 bits per heavy atom. The molecule has 2 bridgehead atoms. The highest BCUT2D eigenvalue weighted by Crippen LogP contribution is 2.50. The first-order chi connectivity index (χ1) is 8.16. The van der Waals surface area contributed by atoms with E-state index in [2.05, 4.69) is 4.98 Å². The molecule has 1 aromatic rings. The van der Waals surface area contributed by atoms with Crippen LogP contribution in [0.4, 0.5) is 0 Å². The number of fused-ring (bicyclic) bond motifs is 2. The number of rotatable bonds is 2. The molecule has 0 amide bonds. The summed E-state index contributed by atoms with van der Waals surface area (Å²) in [5, 5.41) is 0.625. The summed E-state index contributed by atoms with van der Waals surface area (Å²) < 4.78 is 0. The van der Waals surface area contributed by atoms with E-state index in [1.807, 2.05) is 0 Å². The van der Waals surface area contributed by atoms with E-state index in [1.54, 1.807) is 12.3 Å². The highest BCUT2D eigenvalue weighted by atomic mass is 35.5. The van der Waals surface area contributed by atoms with E-state index in [4.69, 9.17) is 23.2 Å². The monoisotopic (exact) mass is 269 g/mol. The maximum atomic E-state index is 12.4. The van der Waals surface area contributed by atoms with Crippen molar-refractivity contribution in [1.29, 1.82) is 0 Å². The van der Waals surface area contributed by atoms with Gasteiger partial charge in [0, 0.05) is 17.7 Å². The maximum Gasteiger partial charge on any atom is 0.168 e. The smallest absolute Gasteiger partial charge is 0.168 e. The van der Waals surface area contributed by atoms with Crippen LogP contribution >= 0.6 is 23.2 Å². The topological polar surface area (TPSA) is 30.0 Å². The van der Waals surface area contributed by atoms with Gasteiger partial charge in [-0.2, -0.15) is 0 Å². The number of Topliss-reactive ketones (excluding diaryl/α,β-unsaturated/α-hetero) is 1. The molecule has 0 atom stereocenters. The van der Waals surface area contributed by atoms with Gasteiger partial charge < -0.3 is 0 Å². The molecule has 0 aromatic carbocycles. The lowest BCUT2D eigenvalue weighted by Gasteiger charge is -2.14. The van der Waals surface area contributed by atoms with Gasteiger partial charge in [0.05, 0.1) is 5.02 Å². The van der Waals surface area contributed by atoms with Crippen molar-refractivity contribution in [2.24, 2.45) is 17.8 Å². The van der Waals surface area contributed by atoms with Gasteiger partial charge in [-0.15, -0.1) is 0 Å². The van der Waals surface area contributed by atoms with Crippen molar-refractivity contribution in [3.05, 3.63) is 28.0 Å². The van der Waals surface area contributed by atoms with Crippen LogP contribution in [-0.2, 0) is 0 Å². The Morgan fingerprint density at radius 2 is 1.76 bits per heavy atom. The Morgan fingerprint density at radius 3 is 2.29 bits per heavy atom. The van der Waals surface area contributed by atoms with E-state index in [1.165, 1.54) is 25.7 Å². The van der Waals surface area contributed by atoms with Crippen molar-refractivity contribution in [3.63, 3.8) is 0 Å². The standard InChI is InChI=1S/C13H13Cl2NO/c14-10-5-9(6-16-13(10)15)12(17)11-7-1-2-8(11)4-3-7/h5-8,11H,1-4H2.